The standard InChI is InChI=1S/C37H38FN7O2/c38-28-17-26(18-29(21-28)46-15-13-44-9-1-2-10-44)31-7-8-40-37-32(31)22-35(41-37)36-33-20-25(5-6-34(33)42-43-36)27-19-30(24-39-23-27)47-16-14-45-11-3-4-12-45/h5-8,17-24H,1-4,9-16H2,(H,40,41)(H,42,43). The van der Waals surface area contributed by atoms with Crippen molar-refractivity contribution in [2.75, 3.05) is 52.5 Å². The first-order valence-electron chi connectivity index (χ1n) is 16.6. The van der Waals surface area contributed by atoms with E-state index < -0.39 is 0 Å². The Morgan fingerprint density at radius 2 is 1.47 bits per heavy atom. The van der Waals surface area contributed by atoms with E-state index in [1.807, 2.05) is 36.5 Å². The van der Waals surface area contributed by atoms with Crippen LogP contribution in [0, 0.1) is 5.82 Å². The quantitative estimate of drug-likeness (QED) is 0.160. The van der Waals surface area contributed by atoms with Gasteiger partial charge in [0, 0.05) is 47.9 Å². The second-order valence-corrected chi connectivity index (χ2v) is 12.5. The molecule has 0 spiro atoms. The average Bonchev–Trinajstić information content (AvgIpc) is 3.91. The molecule has 2 aliphatic heterocycles. The van der Waals surface area contributed by atoms with Crippen molar-refractivity contribution in [2.24, 2.45) is 0 Å². The first-order valence-corrected chi connectivity index (χ1v) is 16.6. The number of pyridine rings is 2. The second-order valence-electron chi connectivity index (χ2n) is 12.5. The van der Waals surface area contributed by atoms with Crippen LogP contribution in [0.15, 0.2) is 73.2 Å². The van der Waals surface area contributed by atoms with Crippen molar-refractivity contribution in [3.63, 3.8) is 0 Å². The van der Waals surface area contributed by atoms with Crippen LogP contribution in [-0.2, 0) is 0 Å². The molecule has 4 aromatic heterocycles. The molecule has 0 atom stereocenters. The number of benzene rings is 2. The van der Waals surface area contributed by atoms with Crippen LogP contribution in [0.1, 0.15) is 25.7 Å². The van der Waals surface area contributed by atoms with Crippen molar-refractivity contribution in [1.82, 2.24) is 34.9 Å². The van der Waals surface area contributed by atoms with Crippen LogP contribution in [0.25, 0.3) is 55.6 Å². The predicted molar refractivity (Wildman–Crippen MR) is 182 cm³/mol. The summed E-state index contributed by atoms with van der Waals surface area (Å²) < 4.78 is 26.9. The first kappa shape index (κ1) is 29.6. The zero-order valence-electron chi connectivity index (χ0n) is 26.3. The molecule has 10 heteroatoms. The Balaban J connectivity index is 1.05. The number of H-pyrrole nitrogens is 2. The number of rotatable bonds is 11. The van der Waals surface area contributed by atoms with Crippen molar-refractivity contribution >= 4 is 21.9 Å². The van der Waals surface area contributed by atoms with Gasteiger partial charge in [-0.25, -0.2) is 9.37 Å². The molecule has 8 rings (SSSR count). The highest BCUT2D eigenvalue weighted by atomic mass is 19.1. The fourth-order valence-corrected chi connectivity index (χ4v) is 6.86. The van der Waals surface area contributed by atoms with E-state index in [4.69, 9.17) is 9.47 Å². The van der Waals surface area contributed by atoms with Gasteiger partial charge in [-0.2, -0.15) is 5.10 Å². The summed E-state index contributed by atoms with van der Waals surface area (Å²) in [7, 11) is 0. The summed E-state index contributed by atoms with van der Waals surface area (Å²) in [6, 6.07) is 17.1. The van der Waals surface area contributed by atoms with E-state index in [-0.39, 0.29) is 5.82 Å². The molecule has 0 bridgehead atoms. The Bertz CT molecular complexity index is 2010. The Morgan fingerprint density at radius 3 is 2.26 bits per heavy atom. The van der Waals surface area contributed by atoms with E-state index in [9.17, 15) is 4.39 Å². The van der Waals surface area contributed by atoms with Gasteiger partial charge in [0.25, 0.3) is 0 Å². The Morgan fingerprint density at radius 1 is 0.723 bits per heavy atom. The highest BCUT2D eigenvalue weighted by Crippen LogP contribution is 2.36. The van der Waals surface area contributed by atoms with Gasteiger partial charge in [0.1, 0.15) is 41.9 Å². The number of likely N-dealkylation sites (tertiary alicyclic amines) is 2. The number of nitrogens with one attached hydrogen (secondary N) is 2. The molecule has 0 unspecified atom stereocenters. The van der Waals surface area contributed by atoms with Crippen molar-refractivity contribution in [1.29, 1.82) is 0 Å². The summed E-state index contributed by atoms with van der Waals surface area (Å²) >= 11 is 0. The van der Waals surface area contributed by atoms with Crippen LogP contribution in [0.3, 0.4) is 0 Å². The van der Waals surface area contributed by atoms with E-state index in [0.717, 1.165) is 94.9 Å². The maximum Gasteiger partial charge on any atom is 0.138 e. The SMILES string of the molecule is Fc1cc(OCCN2CCCC2)cc(-c2ccnc3[nH]c(-c4n[nH]c5ccc(-c6cncc(OCCN7CCCC7)c6)cc45)cc23)c1. The van der Waals surface area contributed by atoms with E-state index >= 15 is 0 Å². The minimum absolute atomic E-state index is 0.333. The van der Waals surface area contributed by atoms with Gasteiger partial charge in [-0.05, 0) is 111 Å². The summed E-state index contributed by atoms with van der Waals surface area (Å²) in [4.78, 5) is 17.3. The van der Waals surface area contributed by atoms with Gasteiger partial charge in [-0.3, -0.25) is 19.9 Å². The van der Waals surface area contributed by atoms with E-state index in [1.165, 1.54) is 31.7 Å². The van der Waals surface area contributed by atoms with Crippen LogP contribution in [0.2, 0.25) is 0 Å². The lowest BCUT2D eigenvalue weighted by atomic mass is 10.0. The van der Waals surface area contributed by atoms with Crippen molar-refractivity contribution in [2.45, 2.75) is 25.7 Å². The monoisotopic (exact) mass is 631 g/mol. The molecule has 2 aliphatic rings. The molecule has 2 fully saturated rings. The number of hydrogen-bond acceptors (Lipinski definition) is 7. The number of fused-ring (bicyclic) bond motifs is 2. The van der Waals surface area contributed by atoms with Gasteiger partial charge in [0.05, 0.1) is 17.4 Å². The van der Waals surface area contributed by atoms with E-state index in [0.29, 0.717) is 24.6 Å². The van der Waals surface area contributed by atoms with Crippen molar-refractivity contribution in [3.8, 4) is 45.1 Å². The molecule has 0 radical (unpaired) electrons. The van der Waals surface area contributed by atoms with Crippen molar-refractivity contribution in [3.05, 3.63) is 79.0 Å². The minimum Gasteiger partial charge on any atom is -0.492 e. The molecule has 0 amide bonds. The number of nitrogens with zero attached hydrogens (tertiary/aromatic N) is 5. The average molecular weight is 632 g/mol. The maximum atomic E-state index is 14.8. The molecule has 47 heavy (non-hydrogen) atoms. The van der Waals surface area contributed by atoms with Gasteiger partial charge < -0.3 is 14.5 Å². The summed E-state index contributed by atoms with van der Waals surface area (Å²) in [5.74, 6) is 0.961. The fraction of sp³-hybridized carbons (Fsp3) is 0.324. The first-order chi connectivity index (χ1) is 23.2. The summed E-state index contributed by atoms with van der Waals surface area (Å²) in [5, 5.41) is 9.70. The molecule has 0 saturated carbocycles. The third-order valence-corrected chi connectivity index (χ3v) is 9.33. The molecule has 2 saturated heterocycles. The van der Waals surface area contributed by atoms with Crippen LogP contribution < -0.4 is 9.47 Å². The number of halogens is 1. The van der Waals surface area contributed by atoms with Gasteiger partial charge in [-0.15, -0.1) is 0 Å². The molecular weight excluding hydrogens is 593 g/mol. The maximum absolute atomic E-state index is 14.8. The molecule has 2 aromatic carbocycles. The van der Waals surface area contributed by atoms with Gasteiger partial charge in [0.15, 0.2) is 0 Å². The van der Waals surface area contributed by atoms with Gasteiger partial charge >= 0.3 is 0 Å². The van der Waals surface area contributed by atoms with Crippen LogP contribution >= 0.6 is 0 Å². The Kier molecular flexibility index (Phi) is 8.27. The lowest BCUT2D eigenvalue weighted by Gasteiger charge is -2.15. The van der Waals surface area contributed by atoms with Gasteiger partial charge in [0.2, 0.25) is 0 Å². The van der Waals surface area contributed by atoms with Crippen LogP contribution in [-0.4, -0.2) is 87.4 Å². The zero-order chi connectivity index (χ0) is 31.6. The van der Waals surface area contributed by atoms with E-state index in [1.54, 1.807) is 18.5 Å². The third kappa shape index (κ3) is 6.43. The number of aromatic nitrogens is 5. The summed E-state index contributed by atoms with van der Waals surface area (Å²) in [6.07, 6.45) is 10.4. The van der Waals surface area contributed by atoms with Crippen molar-refractivity contribution < 1.29 is 13.9 Å². The highest BCUT2D eigenvalue weighted by Gasteiger charge is 2.17. The number of aromatic amines is 2. The fourth-order valence-electron chi connectivity index (χ4n) is 6.86. The highest BCUT2D eigenvalue weighted by molar-refractivity contribution is 6.00. The lowest BCUT2D eigenvalue weighted by molar-refractivity contribution is 0.237. The molecule has 2 N–H and O–H groups in total. The number of hydrogen-bond donors (Lipinski definition) is 2. The lowest BCUT2D eigenvalue weighted by Crippen LogP contribution is -2.25. The third-order valence-electron chi connectivity index (χ3n) is 9.33. The molecular formula is C37H38FN7O2. The zero-order valence-corrected chi connectivity index (χ0v) is 26.3. The van der Waals surface area contributed by atoms with Gasteiger partial charge in [-0.1, -0.05) is 6.07 Å². The predicted octanol–water partition coefficient (Wildman–Crippen LogP) is 6.92. The molecule has 6 heterocycles. The van der Waals surface area contributed by atoms with Crippen LogP contribution in [0.4, 0.5) is 4.39 Å². The Hall–Kier alpha value is -4.80. The topological polar surface area (TPSA) is 95.2 Å². The molecule has 9 nitrogen and oxygen atoms in total. The molecule has 6 aromatic rings. The minimum atomic E-state index is -0.333. The molecule has 240 valence electrons. The second kappa shape index (κ2) is 13.1. The normalized spacial score (nSPS) is 15.7. The molecule has 0 aliphatic carbocycles. The smallest absolute Gasteiger partial charge is 0.138 e. The van der Waals surface area contributed by atoms with E-state index in [2.05, 4.69) is 47.1 Å². The summed E-state index contributed by atoms with van der Waals surface area (Å²) in [5.41, 5.74) is 6.82. The largest absolute Gasteiger partial charge is 0.492 e. The summed E-state index contributed by atoms with van der Waals surface area (Å²) in [6.45, 7) is 7.48. The Labute approximate surface area is 272 Å². The number of ether oxygens (including phenoxy) is 2. The van der Waals surface area contributed by atoms with Crippen LogP contribution in [0.5, 0.6) is 11.5 Å².